The van der Waals surface area contributed by atoms with Crippen molar-refractivity contribution < 1.29 is 13.7 Å². The van der Waals surface area contributed by atoms with Gasteiger partial charge >= 0.3 is 0 Å². The van der Waals surface area contributed by atoms with Gasteiger partial charge in [-0.3, -0.25) is 10.1 Å². The topological polar surface area (TPSA) is 55.2 Å². The van der Waals surface area contributed by atoms with Gasteiger partial charge in [-0.1, -0.05) is 0 Å². The first kappa shape index (κ1) is 10.8. The molecule has 4 nitrogen and oxygen atoms in total. The Morgan fingerprint density at radius 3 is 2.69 bits per heavy atom. The highest BCUT2D eigenvalue weighted by molar-refractivity contribution is 5.62. The molecule has 0 atom stereocenters. The Morgan fingerprint density at radius 1 is 1.44 bits per heavy atom. The first-order valence-electron chi connectivity index (χ1n) is 4.96. The molecule has 1 aromatic rings. The lowest BCUT2D eigenvalue weighted by Gasteiger charge is -2.07. The monoisotopic (exact) mass is 228 g/mol. The first-order valence-corrected chi connectivity index (χ1v) is 4.96. The molecule has 86 valence electrons. The Hall–Kier alpha value is -1.72. The van der Waals surface area contributed by atoms with E-state index in [1.165, 1.54) is 0 Å². The van der Waals surface area contributed by atoms with Crippen LogP contribution >= 0.6 is 0 Å². The van der Waals surface area contributed by atoms with Crippen molar-refractivity contribution in [2.45, 2.75) is 12.8 Å². The van der Waals surface area contributed by atoms with Crippen molar-refractivity contribution >= 4 is 11.4 Å². The largest absolute Gasteiger partial charge is 0.377 e. The van der Waals surface area contributed by atoms with E-state index in [1.807, 2.05) is 0 Å². The molecule has 1 saturated carbocycles. The summed E-state index contributed by atoms with van der Waals surface area (Å²) < 4.78 is 26.3. The fourth-order valence-corrected chi connectivity index (χ4v) is 1.43. The molecule has 1 N–H and O–H groups in total. The fraction of sp³-hybridized carbons (Fsp3) is 0.400. The summed E-state index contributed by atoms with van der Waals surface area (Å²) in [7, 11) is 0. The molecule has 0 bridgehead atoms. The lowest BCUT2D eigenvalue weighted by molar-refractivity contribution is -0.384. The van der Waals surface area contributed by atoms with E-state index in [1.54, 1.807) is 0 Å². The van der Waals surface area contributed by atoms with E-state index in [-0.39, 0.29) is 5.69 Å². The molecule has 1 aliphatic carbocycles. The summed E-state index contributed by atoms with van der Waals surface area (Å²) in [5, 5.41) is 13.2. The van der Waals surface area contributed by atoms with Crippen LogP contribution in [0.2, 0.25) is 0 Å². The Labute approximate surface area is 90.4 Å². The molecule has 0 aromatic heterocycles. The predicted octanol–water partition coefficient (Wildman–Crippen LogP) is 2.69. The van der Waals surface area contributed by atoms with Gasteiger partial charge in [-0.05, 0) is 24.8 Å². The van der Waals surface area contributed by atoms with Crippen LogP contribution in [0.1, 0.15) is 12.8 Å². The third kappa shape index (κ3) is 2.10. The Bertz CT molecular complexity index is 433. The van der Waals surface area contributed by atoms with Crippen LogP contribution in [-0.2, 0) is 0 Å². The van der Waals surface area contributed by atoms with Gasteiger partial charge in [-0.25, -0.2) is 8.78 Å². The molecule has 0 radical (unpaired) electrons. The highest BCUT2D eigenvalue weighted by atomic mass is 19.2. The molecule has 0 unspecified atom stereocenters. The number of halogens is 2. The number of nitrogens with zero attached hydrogens (tertiary/aromatic N) is 1. The highest BCUT2D eigenvalue weighted by Gasteiger charge is 2.25. The van der Waals surface area contributed by atoms with Crippen LogP contribution in [0.25, 0.3) is 0 Å². The SMILES string of the molecule is O=[N+]([O-])c1ccc(F)c(F)c1NCC1CC1. The van der Waals surface area contributed by atoms with E-state index in [2.05, 4.69) is 5.32 Å². The molecule has 2 rings (SSSR count). The third-order valence-electron chi connectivity index (χ3n) is 2.53. The lowest BCUT2D eigenvalue weighted by Crippen LogP contribution is -2.08. The van der Waals surface area contributed by atoms with Crippen molar-refractivity contribution in [3.63, 3.8) is 0 Å². The second kappa shape index (κ2) is 4.03. The van der Waals surface area contributed by atoms with Crippen molar-refractivity contribution in [1.82, 2.24) is 0 Å². The summed E-state index contributed by atoms with van der Waals surface area (Å²) >= 11 is 0. The lowest BCUT2D eigenvalue weighted by atomic mass is 10.2. The molecule has 0 heterocycles. The maximum atomic E-state index is 13.4. The normalized spacial score (nSPS) is 14.9. The van der Waals surface area contributed by atoms with Gasteiger partial charge in [0.1, 0.15) is 0 Å². The summed E-state index contributed by atoms with van der Waals surface area (Å²) in [6, 6.07) is 1.73. The number of hydrogen-bond acceptors (Lipinski definition) is 3. The molecule has 0 spiro atoms. The predicted molar refractivity (Wildman–Crippen MR) is 54.2 cm³/mol. The molecule has 0 amide bonds. The Morgan fingerprint density at radius 2 is 2.12 bits per heavy atom. The zero-order chi connectivity index (χ0) is 11.7. The minimum atomic E-state index is -1.19. The number of benzene rings is 1. The summed E-state index contributed by atoms with van der Waals surface area (Å²) in [5.41, 5.74) is -0.781. The molecule has 1 fully saturated rings. The summed E-state index contributed by atoms with van der Waals surface area (Å²) in [6.07, 6.45) is 2.05. The van der Waals surface area contributed by atoms with Gasteiger partial charge in [0.05, 0.1) is 4.92 Å². The minimum Gasteiger partial charge on any atom is -0.377 e. The van der Waals surface area contributed by atoms with Gasteiger partial charge in [0.25, 0.3) is 5.69 Å². The highest BCUT2D eigenvalue weighted by Crippen LogP contribution is 2.33. The van der Waals surface area contributed by atoms with Crippen molar-refractivity contribution in [1.29, 1.82) is 0 Å². The Kier molecular flexibility index (Phi) is 2.72. The molecule has 0 aliphatic heterocycles. The maximum Gasteiger partial charge on any atom is 0.295 e. The van der Waals surface area contributed by atoms with Crippen molar-refractivity contribution in [2.75, 3.05) is 11.9 Å². The second-order valence-corrected chi connectivity index (χ2v) is 3.84. The van der Waals surface area contributed by atoms with Crippen LogP contribution < -0.4 is 5.32 Å². The van der Waals surface area contributed by atoms with Gasteiger partial charge < -0.3 is 5.32 Å². The van der Waals surface area contributed by atoms with Crippen molar-refractivity contribution in [3.05, 3.63) is 33.9 Å². The number of nitrogens with one attached hydrogen (secondary N) is 1. The number of nitro benzene ring substituents is 1. The van der Waals surface area contributed by atoms with Gasteiger partial charge in [0.2, 0.25) is 0 Å². The maximum absolute atomic E-state index is 13.4. The molecule has 1 aromatic carbocycles. The van der Waals surface area contributed by atoms with E-state index >= 15 is 0 Å². The second-order valence-electron chi connectivity index (χ2n) is 3.84. The summed E-state index contributed by atoms with van der Waals surface area (Å²) in [4.78, 5) is 9.90. The standard InChI is InChI=1S/C10H10F2N2O2/c11-7-3-4-8(14(15)16)10(9(7)12)13-5-6-1-2-6/h3-4,6,13H,1-2,5H2. The first-order chi connectivity index (χ1) is 7.59. The molecule has 1 aliphatic rings. The quantitative estimate of drug-likeness (QED) is 0.636. The summed E-state index contributed by atoms with van der Waals surface area (Å²) in [6.45, 7) is 0.446. The molecule has 0 saturated heterocycles. The smallest absolute Gasteiger partial charge is 0.295 e. The zero-order valence-electron chi connectivity index (χ0n) is 8.37. The third-order valence-corrected chi connectivity index (χ3v) is 2.53. The molecular weight excluding hydrogens is 218 g/mol. The van der Waals surface area contributed by atoms with Gasteiger partial charge in [0, 0.05) is 12.6 Å². The minimum absolute atomic E-state index is 0.350. The van der Waals surface area contributed by atoms with E-state index < -0.39 is 22.2 Å². The van der Waals surface area contributed by atoms with E-state index in [0.29, 0.717) is 12.5 Å². The number of nitro groups is 1. The summed E-state index contributed by atoms with van der Waals surface area (Å²) in [5.74, 6) is -1.85. The molecular formula is C10H10F2N2O2. The molecule has 16 heavy (non-hydrogen) atoms. The van der Waals surface area contributed by atoms with E-state index in [0.717, 1.165) is 25.0 Å². The van der Waals surface area contributed by atoms with Crippen molar-refractivity contribution in [3.8, 4) is 0 Å². The van der Waals surface area contributed by atoms with Crippen LogP contribution in [0.5, 0.6) is 0 Å². The number of hydrogen-bond donors (Lipinski definition) is 1. The van der Waals surface area contributed by atoms with E-state index in [9.17, 15) is 18.9 Å². The number of rotatable bonds is 4. The Balaban J connectivity index is 2.28. The van der Waals surface area contributed by atoms with Gasteiger partial charge in [0.15, 0.2) is 17.3 Å². The zero-order valence-corrected chi connectivity index (χ0v) is 8.37. The van der Waals surface area contributed by atoms with Gasteiger partial charge in [-0.15, -0.1) is 0 Å². The fourth-order valence-electron chi connectivity index (χ4n) is 1.43. The van der Waals surface area contributed by atoms with Crippen LogP contribution in [0.3, 0.4) is 0 Å². The van der Waals surface area contributed by atoms with Crippen LogP contribution in [0, 0.1) is 27.7 Å². The van der Waals surface area contributed by atoms with Gasteiger partial charge in [-0.2, -0.15) is 0 Å². The average Bonchev–Trinajstić information content (AvgIpc) is 3.03. The van der Waals surface area contributed by atoms with E-state index in [4.69, 9.17) is 0 Å². The van der Waals surface area contributed by atoms with Crippen LogP contribution in [0.15, 0.2) is 12.1 Å². The van der Waals surface area contributed by atoms with Crippen molar-refractivity contribution in [2.24, 2.45) is 5.92 Å². The molecule has 6 heteroatoms. The average molecular weight is 228 g/mol. The van der Waals surface area contributed by atoms with Crippen LogP contribution in [-0.4, -0.2) is 11.5 Å². The van der Waals surface area contributed by atoms with Crippen LogP contribution in [0.4, 0.5) is 20.2 Å². The number of anilines is 1.